The molecule has 2 amide bonds. The van der Waals surface area contributed by atoms with Gasteiger partial charge in [0.15, 0.2) is 0 Å². The van der Waals surface area contributed by atoms with Crippen molar-refractivity contribution in [3.8, 4) is 0 Å². The first-order valence-corrected chi connectivity index (χ1v) is 7.14. The molecule has 19 heavy (non-hydrogen) atoms. The third-order valence-corrected chi connectivity index (χ3v) is 4.19. The highest BCUT2D eigenvalue weighted by Crippen LogP contribution is 2.23. The van der Waals surface area contributed by atoms with E-state index in [0.29, 0.717) is 6.54 Å². The summed E-state index contributed by atoms with van der Waals surface area (Å²) < 4.78 is 0. The highest BCUT2D eigenvalue weighted by Gasteiger charge is 2.17. The van der Waals surface area contributed by atoms with Gasteiger partial charge in [-0.3, -0.25) is 0 Å². The van der Waals surface area contributed by atoms with Gasteiger partial charge in [0.25, 0.3) is 0 Å². The maximum atomic E-state index is 12.1. The van der Waals surface area contributed by atoms with Crippen molar-refractivity contribution in [3.05, 3.63) is 58.3 Å². The van der Waals surface area contributed by atoms with Crippen LogP contribution in [0.2, 0.25) is 0 Å². The second-order valence-corrected chi connectivity index (χ2v) is 5.43. The van der Waals surface area contributed by atoms with Crippen LogP contribution >= 0.6 is 11.3 Å². The van der Waals surface area contributed by atoms with Gasteiger partial charge in [-0.05, 0) is 23.9 Å². The zero-order valence-corrected chi connectivity index (χ0v) is 12.0. The molecule has 0 spiro atoms. The maximum Gasteiger partial charge on any atom is 0.317 e. The molecule has 1 aromatic carbocycles. The van der Waals surface area contributed by atoms with E-state index in [9.17, 15) is 4.79 Å². The van der Waals surface area contributed by atoms with Gasteiger partial charge in [-0.2, -0.15) is 0 Å². The fraction of sp³-hybridized carbons (Fsp3) is 0.267. The molecule has 0 saturated carbocycles. The van der Waals surface area contributed by atoms with E-state index in [1.54, 1.807) is 16.2 Å². The predicted octanol–water partition coefficient (Wildman–Crippen LogP) is 3.65. The first-order valence-electron chi connectivity index (χ1n) is 6.26. The number of amides is 2. The molecule has 0 bridgehead atoms. The van der Waals surface area contributed by atoms with E-state index >= 15 is 0 Å². The summed E-state index contributed by atoms with van der Waals surface area (Å²) in [5, 5.41) is 4.96. The van der Waals surface area contributed by atoms with Crippen molar-refractivity contribution < 1.29 is 4.79 Å². The Morgan fingerprint density at radius 2 is 2.00 bits per heavy atom. The SMILES string of the molecule is CC(c1cccs1)N(C)C(=O)NCc1ccccc1. The van der Waals surface area contributed by atoms with Crippen LogP contribution in [0.5, 0.6) is 0 Å². The molecule has 3 nitrogen and oxygen atoms in total. The van der Waals surface area contributed by atoms with Crippen molar-refractivity contribution in [2.45, 2.75) is 19.5 Å². The van der Waals surface area contributed by atoms with E-state index in [2.05, 4.69) is 11.4 Å². The Bertz CT molecular complexity index is 510. The quantitative estimate of drug-likeness (QED) is 0.907. The Hall–Kier alpha value is -1.81. The van der Waals surface area contributed by atoms with E-state index in [4.69, 9.17) is 0 Å². The van der Waals surface area contributed by atoms with Crippen LogP contribution in [0.25, 0.3) is 0 Å². The Morgan fingerprint density at radius 3 is 2.63 bits per heavy atom. The van der Waals surface area contributed by atoms with Gasteiger partial charge in [0.1, 0.15) is 0 Å². The summed E-state index contributed by atoms with van der Waals surface area (Å²) in [5.74, 6) is 0. The van der Waals surface area contributed by atoms with Gasteiger partial charge >= 0.3 is 6.03 Å². The van der Waals surface area contributed by atoms with Crippen molar-refractivity contribution in [1.29, 1.82) is 0 Å². The fourth-order valence-electron chi connectivity index (χ4n) is 1.79. The highest BCUT2D eigenvalue weighted by molar-refractivity contribution is 7.10. The molecule has 0 aliphatic heterocycles. The molecule has 1 atom stereocenters. The third kappa shape index (κ3) is 3.58. The number of carbonyl (C=O) groups is 1. The number of hydrogen-bond donors (Lipinski definition) is 1. The second-order valence-electron chi connectivity index (χ2n) is 4.45. The smallest absolute Gasteiger partial charge is 0.317 e. The van der Waals surface area contributed by atoms with Gasteiger partial charge in [-0.15, -0.1) is 11.3 Å². The molecule has 2 aromatic rings. The molecule has 1 N–H and O–H groups in total. The molecule has 0 fully saturated rings. The van der Waals surface area contributed by atoms with E-state index in [1.807, 2.05) is 55.7 Å². The van der Waals surface area contributed by atoms with Crippen molar-refractivity contribution >= 4 is 17.4 Å². The van der Waals surface area contributed by atoms with Gasteiger partial charge in [0.05, 0.1) is 6.04 Å². The van der Waals surface area contributed by atoms with Gasteiger partial charge in [0, 0.05) is 18.5 Å². The van der Waals surface area contributed by atoms with Gasteiger partial charge < -0.3 is 10.2 Å². The van der Waals surface area contributed by atoms with Crippen molar-refractivity contribution in [3.63, 3.8) is 0 Å². The topological polar surface area (TPSA) is 32.3 Å². The van der Waals surface area contributed by atoms with E-state index in [1.165, 1.54) is 4.88 Å². The van der Waals surface area contributed by atoms with Gasteiger partial charge in [0.2, 0.25) is 0 Å². The van der Waals surface area contributed by atoms with E-state index < -0.39 is 0 Å². The lowest BCUT2D eigenvalue weighted by molar-refractivity contribution is 0.194. The summed E-state index contributed by atoms with van der Waals surface area (Å²) in [6.07, 6.45) is 0. The molecule has 0 saturated heterocycles. The summed E-state index contributed by atoms with van der Waals surface area (Å²) in [6, 6.07) is 14.0. The number of rotatable bonds is 4. The number of benzene rings is 1. The molecule has 2 rings (SSSR count). The standard InChI is InChI=1S/C15H18N2OS/c1-12(14-9-6-10-19-14)17(2)15(18)16-11-13-7-4-3-5-8-13/h3-10,12H,11H2,1-2H3,(H,16,18). The zero-order chi connectivity index (χ0) is 13.7. The Balaban J connectivity index is 1.89. The number of hydrogen-bond acceptors (Lipinski definition) is 2. The Kier molecular flexibility index (Phi) is 4.58. The normalized spacial score (nSPS) is 11.9. The van der Waals surface area contributed by atoms with Gasteiger partial charge in [-0.25, -0.2) is 4.79 Å². The molecule has 1 heterocycles. The molecule has 0 aliphatic rings. The van der Waals surface area contributed by atoms with Crippen LogP contribution in [0.4, 0.5) is 4.79 Å². The summed E-state index contributed by atoms with van der Waals surface area (Å²) in [4.78, 5) is 15.0. The number of nitrogens with zero attached hydrogens (tertiary/aromatic N) is 1. The van der Waals surface area contributed by atoms with Crippen LogP contribution in [0.15, 0.2) is 47.8 Å². The lowest BCUT2D eigenvalue weighted by atomic mass is 10.2. The average Bonchev–Trinajstić information content (AvgIpc) is 2.98. The minimum absolute atomic E-state index is 0.0512. The number of urea groups is 1. The molecular formula is C15H18N2OS. The van der Waals surface area contributed by atoms with Crippen LogP contribution < -0.4 is 5.32 Å². The second kappa shape index (κ2) is 6.38. The van der Waals surface area contributed by atoms with Crippen LogP contribution in [0.3, 0.4) is 0 Å². The number of nitrogens with one attached hydrogen (secondary N) is 1. The minimum atomic E-state index is -0.0512. The largest absolute Gasteiger partial charge is 0.334 e. The molecular weight excluding hydrogens is 256 g/mol. The monoisotopic (exact) mass is 274 g/mol. The van der Waals surface area contributed by atoms with E-state index in [0.717, 1.165) is 5.56 Å². The summed E-state index contributed by atoms with van der Waals surface area (Å²) in [6.45, 7) is 2.59. The van der Waals surface area contributed by atoms with Crippen LogP contribution in [-0.4, -0.2) is 18.0 Å². The maximum absolute atomic E-state index is 12.1. The zero-order valence-electron chi connectivity index (χ0n) is 11.2. The van der Waals surface area contributed by atoms with Gasteiger partial charge in [-0.1, -0.05) is 36.4 Å². The minimum Gasteiger partial charge on any atom is -0.334 e. The molecule has 0 aliphatic carbocycles. The lowest BCUT2D eigenvalue weighted by Crippen LogP contribution is -2.38. The first-order chi connectivity index (χ1) is 9.18. The third-order valence-electron chi connectivity index (χ3n) is 3.14. The molecule has 1 aromatic heterocycles. The van der Waals surface area contributed by atoms with Crippen LogP contribution in [0.1, 0.15) is 23.4 Å². The first kappa shape index (κ1) is 13.6. The van der Waals surface area contributed by atoms with Crippen LogP contribution in [-0.2, 0) is 6.54 Å². The molecule has 4 heteroatoms. The number of thiophene rings is 1. The average molecular weight is 274 g/mol. The Morgan fingerprint density at radius 1 is 1.26 bits per heavy atom. The molecule has 0 radical (unpaired) electrons. The predicted molar refractivity (Wildman–Crippen MR) is 79.2 cm³/mol. The fourth-order valence-corrected chi connectivity index (χ4v) is 2.62. The molecule has 1 unspecified atom stereocenters. The van der Waals surface area contributed by atoms with Crippen molar-refractivity contribution in [1.82, 2.24) is 10.2 Å². The van der Waals surface area contributed by atoms with Crippen LogP contribution in [0, 0.1) is 0 Å². The highest BCUT2D eigenvalue weighted by atomic mass is 32.1. The van der Waals surface area contributed by atoms with E-state index in [-0.39, 0.29) is 12.1 Å². The molecule has 100 valence electrons. The lowest BCUT2D eigenvalue weighted by Gasteiger charge is -2.24. The van der Waals surface area contributed by atoms with Crippen molar-refractivity contribution in [2.24, 2.45) is 0 Å². The Labute approximate surface area is 117 Å². The van der Waals surface area contributed by atoms with Crippen molar-refractivity contribution in [2.75, 3.05) is 7.05 Å². The number of carbonyl (C=O) groups excluding carboxylic acids is 1. The summed E-state index contributed by atoms with van der Waals surface area (Å²) in [5.41, 5.74) is 1.10. The summed E-state index contributed by atoms with van der Waals surface area (Å²) in [7, 11) is 1.82. The summed E-state index contributed by atoms with van der Waals surface area (Å²) >= 11 is 1.67.